The van der Waals surface area contributed by atoms with Crippen molar-refractivity contribution in [3.05, 3.63) is 52.4 Å². The fourth-order valence-electron chi connectivity index (χ4n) is 5.66. The van der Waals surface area contributed by atoms with Gasteiger partial charge in [0.05, 0.1) is 25.2 Å². The molecule has 1 saturated carbocycles. The molecule has 7 heteroatoms. The number of benzene rings is 1. The largest absolute Gasteiger partial charge is 0.493 e. The van der Waals surface area contributed by atoms with Gasteiger partial charge in [-0.15, -0.1) is 0 Å². The van der Waals surface area contributed by atoms with E-state index in [4.69, 9.17) is 14.2 Å². The highest BCUT2D eigenvalue weighted by atomic mass is 16.5. The minimum Gasteiger partial charge on any atom is -0.493 e. The number of ether oxygens (including phenoxy) is 3. The Balaban J connectivity index is 1.82. The van der Waals surface area contributed by atoms with Crippen LogP contribution in [0.2, 0.25) is 0 Å². The number of methoxy groups -OCH3 is 1. The van der Waals surface area contributed by atoms with Crippen LogP contribution in [0.1, 0.15) is 77.2 Å². The minimum absolute atomic E-state index is 0.116. The third kappa shape index (κ3) is 5.06. The molecule has 0 amide bonds. The Morgan fingerprint density at radius 2 is 1.86 bits per heavy atom. The molecule has 0 aromatic heterocycles. The summed E-state index contributed by atoms with van der Waals surface area (Å²) in [4.78, 5) is 40.2. The number of ketones is 1. The molecule has 0 saturated heterocycles. The van der Waals surface area contributed by atoms with Gasteiger partial charge in [-0.05, 0) is 57.4 Å². The molecule has 1 N–H and O–H groups in total. The summed E-state index contributed by atoms with van der Waals surface area (Å²) in [6.07, 6.45) is 6.04. The van der Waals surface area contributed by atoms with E-state index in [0.29, 0.717) is 35.6 Å². The maximum absolute atomic E-state index is 13.9. The van der Waals surface area contributed by atoms with Crippen LogP contribution in [0.5, 0.6) is 5.75 Å². The van der Waals surface area contributed by atoms with Gasteiger partial charge in [0.15, 0.2) is 5.78 Å². The summed E-state index contributed by atoms with van der Waals surface area (Å²) in [5.41, 5.74) is 2.97. The summed E-state index contributed by atoms with van der Waals surface area (Å²) in [6.45, 7) is 6.36. The van der Waals surface area contributed by atoms with Crippen molar-refractivity contribution in [2.24, 2.45) is 11.8 Å². The quantitative estimate of drug-likeness (QED) is 0.309. The van der Waals surface area contributed by atoms with Crippen LogP contribution in [0.25, 0.3) is 0 Å². The molecule has 194 valence electrons. The van der Waals surface area contributed by atoms with E-state index in [9.17, 15) is 14.4 Å². The van der Waals surface area contributed by atoms with E-state index < -0.39 is 23.8 Å². The van der Waals surface area contributed by atoms with Crippen LogP contribution in [0.3, 0.4) is 0 Å². The number of esters is 2. The molecule has 0 spiro atoms. The van der Waals surface area contributed by atoms with Crippen LogP contribution in [0, 0.1) is 11.8 Å². The summed E-state index contributed by atoms with van der Waals surface area (Å²) < 4.78 is 17.1. The van der Waals surface area contributed by atoms with Crippen molar-refractivity contribution in [3.8, 4) is 5.75 Å². The second-order valence-corrected chi connectivity index (χ2v) is 10.1. The Hall–Kier alpha value is -3.09. The number of hydrogen-bond donors (Lipinski definition) is 1. The summed E-state index contributed by atoms with van der Waals surface area (Å²) >= 11 is 0. The normalized spacial score (nSPS) is 24.3. The predicted octanol–water partition coefficient (Wildman–Crippen LogP) is 4.96. The topological polar surface area (TPSA) is 90.9 Å². The molecule has 0 bridgehead atoms. The number of Topliss-reactive ketones (excluding diaryl/α,β-unsaturated/α-hetero) is 1. The zero-order chi connectivity index (χ0) is 25.8. The summed E-state index contributed by atoms with van der Waals surface area (Å²) in [5.74, 6) is -2.50. The van der Waals surface area contributed by atoms with E-state index >= 15 is 0 Å². The highest BCUT2D eigenvalue weighted by Gasteiger charge is 2.48. The van der Waals surface area contributed by atoms with Crippen LogP contribution in [-0.4, -0.2) is 37.5 Å². The van der Waals surface area contributed by atoms with E-state index in [1.54, 1.807) is 0 Å². The van der Waals surface area contributed by atoms with Crippen LogP contribution in [-0.2, 0) is 23.9 Å². The van der Waals surface area contributed by atoms with Crippen LogP contribution in [0.15, 0.2) is 46.8 Å². The zero-order valence-corrected chi connectivity index (χ0v) is 21.7. The third-order valence-corrected chi connectivity index (χ3v) is 7.52. The van der Waals surface area contributed by atoms with Crippen LogP contribution in [0.4, 0.5) is 0 Å². The first-order valence-corrected chi connectivity index (χ1v) is 13.1. The van der Waals surface area contributed by atoms with Crippen molar-refractivity contribution in [2.45, 2.75) is 77.7 Å². The lowest BCUT2D eigenvalue weighted by Crippen LogP contribution is -2.43. The van der Waals surface area contributed by atoms with Gasteiger partial charge < -0.3 is 19.5 Å². The Kier molecular flexibility index (Phi) is 8.17. The Morgan fingerprint density at radius 3 is 2.56 bits per heavy atom. The Labute approximate surface area is 213 Å². The predicted molar refractivity (Wildman–Crippen MR) is 135 cm³/mol. The molecular formula is C29H37NO6. The number of carbonyl (C=O) groups excluding carboxylic acids is 3. The van der Waals surface area contributed by atoms with E-state index in [1.807, 2.05) is 38.1 Å². The Morgan fingerprint density at radius 1 is 1.14 bits per heavy atom. The molecule has 7 nitrogen and oxygen atoms in total. The standard InChI is InChI=1S/C29H37NO6/c1-5-6-15-35-22-14-10-9-13-20(22)25-24(29(33)36-19-11-7-8-12-19)18(3)30-21-16-17(2)23(28(32)34-4)27(31)26(21)25/h9-10,13-14,17,19,23,25,30H,5-8,11-12,15-16H2,1-4H3/t17-,23-,25-/m0/s1. The highest BCUT2D eigenvalue weighted by molar-refractivity contribution is 6.12. The second-order valence-electron chi connectivity index (χ2n) is 10.1. The van der Waals surface area contributed by atoms with Gasteiger partial charge in [0, 0.05) is 22.5 Å². The van der Waals surface area contributed by atoms with Gasteiger partial charge in [-0.3, -0.25) is 9.59 Å². The lowest BCUT2D eigenvalue weighted by molar-refractivity contribution is -0.151. The SMILES string of the molecule is CCCCOc1ccccc1[C@H]1C(C(=O)OC2CCCC2)=C(C)NC2=C1C(=O)[C@@H](C(=O)OC)[C@@H](C)C2. The number of allylic oxidation sites excluding steroid dienone is 3. The van der Waals surface area contributed by atoms with Gasteiger partial charge in [0.2, 0.25) is 0 Å². The van der Waals surface area contributed by atoms with Gasteiger partial charge in [-0.2, -0.15) is 0 Å². The molecule has 1 aromatic rings. The maximum Gasteiger partial charge on any atom is 0.337 e. The van der Waals surface area contributed by atoms with Crippen LogP contribution >= 0.6 is 0 Å². The molecule has 1 fully saturated rings. The number of para-hydroxylation sites is 1. The number of dihydropyridines is 1. The summed E-state index contributed by atoms with van der Waals surface area (Å²) in [7, 11) is 1.30. The molecule has 0 radical (unpaired) electrons. The number of rotatable bonds is 8. The number of unbranched alkanes of at least 4 members (excludes halogenated alkanes) is 1. The molecule has 3 aliphatic rings. The van der Waals surface area contributed by atoms with Crippen LogP contribution < -0.4 is 10.1 Å². The van der Waals surface area contributed by atoms with Crippen molar-refractivity contribution >= 4 is 17.7 Å². The van der Waals surface area contributed by atoms with Crippen molar-refractivity contribution in [1.82, 2.24) is 5.32 Å². The average Bonchev–Trinajstić information content (AvgIpc) is 3.36. The average molecular weight is 496 g/mol. The van der Waals surface area contributed by atoms with Crippen molar-refractivity contribution in [1.29, 1.82) is 0 Å². The Bertz CT molecular complexity index is 1080. The molecule has 1 aromatic carbocycles. The van der Waals surface area contributed by atoms with Gasteiger partial charge >= 0.3 is 11.9 Å². The van der Waals surface area contributed by atoms with Crippen molar-refractivity contribution in [3.63, 3.8) is 0 Å². The summed E-state index contributed by atoms with van der Waals surface area (Å²) in [5, 5.41) is 3.33. The van der Waals surface area contributed by atoms with Gasteiger partial charge in [0.25, 0.3) is 0 Å². The molecule has 1 heterocycles. The van der Waals surface area contributed by atoms with E-state index in [2.05, 4.69) is 12.2 Å². The molecule has 1 aliphatic heterocycles. The first kappa shape index (κ1) is 26.0. The summed E-state index contributed by atoms with van der Waals surface area (Å²) in [6, 6.07) is 7.54. The van der Waals surface area contributed by atoms with Gasteiger partial charge in [-0.1, -0.05) is 38.5 Å². The number of nitrogens with one attached hydrogen (secondary N) is 1. The number of hydrogen-bond acceptors (Lipinski definition) is 7. The smallest absolute Gasteiger partial charge is 0.337 e. The monoisotopic (exact) mass is 495 g/mol. The number of carbonyl (C=O) groups is 3. The van der Waals surface area contributed by atoms with Crippen molar-refractivity contribution < 1.29 is 28.6 Å². The molecule has 36 heavy (non-hydrogen) atoms. The maximum atomic E-state index is 13.9. The minimum atomic E-state index is -0.920. The van der Waals surface area contributed by atoms with E-state index in [0.717, 1.165) is 49.8 Å². The van der Waals surface area contributed by atoms with Gasteiger partial charge in [-0.25, -0.2) is 4.79 Å². The van der Waals surface area contributed by atoms with Crippen molar-refractivity contribution in [2.75, 3.05) is 13.7 Å². The lowest BCUT2D eigenvalue weighted by Gasteiger charge is -2.38. The first-order valence-electron chi connectivity index (χ1n) is 13.1. The molecule has 2 aliphatic carbocycles. The molecule has 4 rings (SSSR count). The first-order chi connectivity index (χ1) is 17.4. The lowest BCUT2D eigenvalue weighted by atomic mass is 9.69. The zero-order valence-electron chi connectivity index (χ0n) is 21.7. The third-order valence-electron chi connectivity index (χ3n) is 7.52. The second kappa shape index (κ2) is 11.3. The van der Waals surface area contributed by atoms with E-state index in [-0.39, 0.29) is 17.8 Å². The van der Waals surface area contributed by atoms with Gasteiger partial charge in [0.1, 0.15) is 17.8 Å². The highest BCUT2D eigenvalue weighted by Crippen LogP contribution is 2.47. The molecular weight excluding hydrogens is 458 g/mol. The van der Waals surface area contributed by atoms with E-state index in [1.165, 1.54) is 7.11 Å². The molecule has 0 unspecified atom stereocenters. The molecule has 3 atom stereocenters. The fraction of sp³-hybridized carbons (Fsp3) is 0.552. The fourth-order valence-corrected chi connectivity index (χ4v) is 5.66.